The van der Waals surface area contributed by atoms with Gasteiger partial charge in [-0.3, -0.25) is 9.92 Å². The van der Waals surface area contributed by atoms with Gasteiger partial charge >= 0.3 is 11.4 Å². The average molecular weight is 182 g/mol. The monoisotopic (exact) mass is 182 g/mol. The molecule has 0 aliphatic heterocycles. The summed E-state index contributed by atoms with van der Waals surface area (Å²) in [6.45, 7) is 0. The predicted molar refractivity (Wildman–Crippen MR) is 25.3 cm³/mol. The van der Waals surface area contributed by atoms with E-state index >= 15 is 0 Å². The topological polar surface area (TPSA) is 49.9 Å². The van der Waals surface area contributed by atoms with E-state index in [4.69, 9.17) is 4.78 Å². The lowest BCUT2D eigenvalue weighted by Crippen LogP contribution is -2.42. The molecule has 0 radical (unpaired) electrons. The summed E-state index contributed by atoms with van der Waals surface area (Å²) in [7, 11) is -3.20. The lowest BCUT2D eigenvalue weighted by Gasteiger charge is -2.17. The van der Waals surface area contributed by atoms with Gasteiger partial charge < -0.3 is 0 Å². The SMILES string of the molecule is N=S(N)C(F)(F)C(F)(F)F. The van der Waals surface area contributed by atoms with Crippen LogP contribution in [0.2, 0.25) is 0 Å². The van der Waals surface area contributed by atoms with E-state index in [0.717, 1.165) is 0 Å². The Balaban J connectivity index is 4.57. The van der Waals surface area contributed by atoms with E-state index in [1.807, 2.05) is 0 Å². The molecule has 0 aliphatic rings. The second-order valence-electron chi connectivity index (χ2n) is 1.35. The van der Waals surface area contributed by atoms with Crippen LogP contribution in [0.1, 0.15) is 0 Å². The van der Waals surface area contributed by atoms with Crippen molar-refractivity contribution in [3.63, 3.8) is 0 Å². The highest BCUT2D eigenvalue weighted by atomic mass is 32.2. The molecule has 0 saturated heterocycles. The average Bonchev–Trinajstić information content (AvgIpc) is 1.62. The van der Waals surface area contributed by atoms with E-state index in [2.05, 4.69) is 5.14 Å². The van der Waals surface area contributed by atoms with Crippen LogP contribution in [-0.2, 0) is 10.9 Å². The maximum Gasteiger partial charge on any atom is 0.466 e. The highest BCUT2D eigenvalue weighted by Crippen LogP contribution is 2.36. The second-order valence-corrected chi connectivity index (χ2v) is 2.54. The lowest BCUT2D eigenvalue weighted by molar-refractivity contribution is -0.238. The molecular weight excluding hydrogens is 179 g/mol. The molecule has 8 heteroatoms. The summed E-state index contributed by atoms with van der Waals surface area (Å²) in [5.41, 5.74) is 0. The zero-order valence-electron chi connectivity index (χ0n) is 4.38. The normalized spacial score (nSPS) is 17.0. The van der Waals surface area contributed by atoms with Crippen molar-refractivity contribution in [2.45, 2.75) is 11.4 Å². The zero-order valence-corrected chi connectivity index (χ0v) is 5.19. The van der Waals surface area contributed by atoms with Crippen LogP contribution in [0, 0.1) is 4.78 Å². The largest absolute Gasteiger partial charge is 0.466 e. The molecule has 10 heavy (non-hydrogen) atoms. The quantitative estimate of drug-likeness (QED) is 0.591. The minimum absolute atomic E-state index is 3.20. The zero-order chi connectivity index (χ0) is 8.58. The number of alkyl halides is 5. The van der Waals surface area contributed by atoms with Crippen LogP contribution < -0.4 is 5.14 Å². The van der Waals surface area contributed by atoms with Crippen LogP contribution >= 0.6 is 0 Å². The molecule has 1 atom stereocenters. The third kappa shape index (κ3) is 1.63. The Hall–Kier alpha value is -0.240. The Bertz CT molecular complexity index is 150. The fraction of sp³-hybridized carbons (Fsp3) is 1.00. The molecule has 0 aliphatic carbocycles. The third-order valence-corrected chi connectivity index (χ3v) is 1.39. The van der Waals surface area contributed by atoms with Gasteiger partial charge in [-0.05, 0) is 0 Å². The predicted octanol–water partition coefficient (Wildman–Crippen LogP) is 1.40. The van der Waals surface area contributed by atoms with Gasteiger partial charge in [0.25, 0.3) is 0 Å². The van der Waals surface area contributed by atoms with Crippen LogP contribution in [-0.4, -0.2) is 11.4 Å². The molecule has 0 aromatic heterocycles. The molecule has 3 N–H and O–H groups in total. The van der Waals surface area contributed by atoms with E-state index < -0.39 is 22.3 Å². The van der Waals surface area contributed by atoms with Gasteiger partial charge in [0.05, 0.1) is 0 Å². The first-order valence-corrected chi connectivity index (χ1v) is 3.13. The van der Waals surface area contributed by atoms with Crippen LogP contribution in [0.3, 0.4) is 0 Å². The highest BCUT2D eigenvalue weighted by Gasteiger charge is 2.59. The Morgan fingerprint density at radius 2 is 1.40 bits per heavy atom. The van der Waals surface area contributed by atoms with Crippen molar-refractivity contribution in [1.29, 1.82) is 4.78 Å². The number of rotatable bonds is 1. The van der Waals surface area contributed by atoms with E-state index in [1.165, 1.54) is 0 Å². The van der Waals surface area contributed by atoms with Gasteiger partial charge in [0.15, 0.2) is 0 Å². The first-order valence-electron chi connectivity index (χ1n) is 1.84. The molecule has 0 rings (SSSR count). The van der Waals surface area contributed by atoms with E-state index in [0.29, 0.717) is 0 Å². The van der Waals surface area contributed by atoms with Gasteiger partial charge in [0.1, 0.15) is 0 Å². The Morgan fingerprint density at radius 1 is 1.10 bits per heavy atom. The van der Waals surface area contributed by atoms with Crippen molar-refractivity contribution in [3.8, 4) is 0 Å². The first-order chi connectivity index (χ1) is 4.19. The molecule has 0 aromatic rings. The number of hydrogen-bond donors (Lipinski definition) is 2. The van der Waals surface area contributed by atoms with Crippen molar-refractivity contribution < 1.29 is 22.0 Å². The molecule has 0 bridgehead atoms. The summed E-state index contributed by atoms with van der Waals surface area (Å²) in [4.78, 5) is 0. The maximum absolute atomic E-state index is 11.6. The van der Waals surface area contributed by atoms with Crippen molar-refractivity contribution in [2.24, 2.45) is 5.14 Å². The third-order valence-electron chi connectivity index (χ3n) is 0.606. The maximum atomic E-state index is 11.6. The molecule has 0 amide bonds. The van der Waals surface area contributed by atoms with Gasteiger partial charge in [0, 0.05) is 10.9 Å². The van der Waals surface area contributed by atoms with E-state index in [-0.39, 0.29) is 0 Å². The summed E-state index contributed by atoms with van der Waals surface area (Å²) in [6.07, 6.45) is -5.72. The molecule has 2 nitrogen and oxygen atoms in total. The van der Waals surface area contributed by atoms with Crippen LogP contribution in [0.15, 0.2) is 0 Å². The van der Waals surface area contributed by atoms with Crippen LogP contribution in [0.5, 0.6) is 0 Å². The molecule has 0 heterocycles. The summed E-state index contributed by atoms with van der Waals surface area (Å²) >= 11 is 0. The van der Waals surface area contributed by atoms with Crippen molar-refractivity contribution in [1.82, 2.24) is 0 Å². The number of nitrogens with two attached hydrogens (primary N) is 1. The number of halogens is 5. The molecule has 0 aromatic carbocycles. The van der Waals surface area contributed by atoms with Crippen LogP contribution in [0.25, 0.3) is 0 Å². The summed E-state index contributed by atoms with van der Waals surface area (Å²) in [5.74, 6) is 0. The van der Waals surface area contributed by atoms with Crippen molar-refractivity contribution in [3.05, 3.63) is 0 Å². The molecule has 0 spiro atoms. The second kappa shape index (κ2) is 2.42. The smallest absolute Gasteiger partial charge is 0.264 e. The van der Waals surface area contributed by atoms with Crippen LogP contribution in [0.4, 0.5) is 22.0 Å². The minimum Gasteiger partial charge on any atom is -0.264 e. The van der Waals surface area contributed by atoms with Crippen molar-refractivity contribution in [2.75, 3.05) is 0 Å². The Kier molecular flexibility index (Phi) is 2.36. The summed E-state index contributed by atoms with van der Waals surface area (Å²) in [5, 5.41) is -1.01. The standard InChI is InChI=1S/C2H3F5N2S/c3-1(4,5)2(6,7)10(8)9/h(H3,8,9). The van der Waals surface area contributed by atoms with E-state index in [9.17, 15) is 22.0 Å². The fourth-order valence-electron chi connectivity index (χ4n) is 0.125. The van der Waals surface area contributed by atoms with Gasteiger partial charge in [-0.15, -0.1) is 0 Å². The molecular formula is C2H3F5N2S. The summed E-state index contributed by atoms with van der Waals surface area (Å²) in [6, 6.07) is 0. The van der Waals surface area contributed by atoms with Crippen molar-refractivity contribution >= 4 is 10.9 Å². The van der Waals surface area contributed by atoms with Gasteiger partial charge in [0.2, 0.25) is 0 Å². The van der Waals surface area contributed by atoms with Gasteiger partial charge in [-0.1, -0.05) is 0 Å². The molecule has 0 saturated carbocycles. The van der Waals surface area contributed by atoms with Gasteiger partial charge in [-0.2, -0.15) is 22.0 Å². The minimum atomic E-state index is -5.72. The number of hydrogen-bond acceptors (Lipinski definition) is 1. The lowest BCUT2D eigenvalue weighted by atomic mass is 10.7. The Morgan fingerprint density at radius 3 is 1.40 bits per heavy atom. The Labute approximate surface area is 55.2 Å². The molecule has 0 fully saturated rings. The van der Waals surface area contributed by atoms with E-state index in [1.54, 1.807) is 0 Å². The summed E-state index contributed by atoms with van der Waals surface area (Å²) < 4.78 is 62.7. The highest BCUT2D eigenvalue weighted by molar-refractivity contribution is 7.84. The number of nitrogens with one attached hydrogen (secondary N) is 1. The molecule has 62 valence electrons. The van der Waals surface area contributed by atoms with Gasteiger partial charge in [-0.25, -0.2) is 0 Å². The fourth-order valence-corrected chi connectivity index (χ4v) is 0.374. The first kappa shape index (κ1) is 9.76. The molecule has 1 unspecified atom stereocenters.